The largest absolute Gasteiger partial charge is 0.464 e. The first-order valence-corrected chi connectivity index (χ1v) is 6.78. The van der Waals surface area contributed by atoms with Gasteiger partial charge in [0.05, 0.1) is 6.61 Å². The molecule has 0 aliphatic carbocycles. The molecule has 1 aromatic rings. The Labute approximate surface area is 117 Å². The molecule has 1 aliphatic rings. The SMILES string of the molecule is CCCC(=O)Oc1ccc([C@@H]2O[C@H]2C(=O)OCC)cc1. The van der Waals surface area contributed by atoms with E-state index in [-0.39, 0.29) is 18.0 Å². The molecule has 0 spiro atoms. The lowest BCUT2D eigenvalue weighted by Gasteiger charge is -2.04. The predicted octanol–water partition coefficient (Wildman–Crippen LogP) is 2.40. The zero-order valence-electron chi connectivity index (χ0n) is 11.6. The molecule has 1 heterocycles. The third-order valence-corrected chi connectivity index (χ3v) is 2.90. The molecule has 2 rings (SSSR count). The fourth-order valence-corrected chi connectivity index (χ4v) is 1.88. The van der Waals surface area contributed by atoms with Gasteiger partial charge in [-0.1, -0.05) is 19.1 Å². The maximum absolute atomic E-state index is 11.5. The number of epoxide rings is 1. The summed E-state index contributed by atoms with van der Waals surface area (Å²) >= 11 is 0. The van der Waals surface area contributed by atoms with Gasteiger partial charge < -0.3 is 14.2 Å². The Balaban J connectivity index is 1.90. The van der Waals surface area contributed by atoms with Crippen molar-refractivity contribution in [2.45, 2.75) is 38.9 Å². The number of carbonyl (C=O) groups excluding carboxylic acids is 2. The normalized spacial score (nSPS) is 20.3. The van der Waals surface area contributed by atoms with Crippen LogP contribution in [-0.4, -0.2) is 24.6 Å². The number of rotatable bonds is 6. The van der Waals surface area contributed by atoms with Crippen LogP contribution < -0.4 is 4.74 Å². The van der Waals surface area contributed by atoms with E-state index < -0.39 is 6.10 Å². The second kappa shape index (κ2) is 6.52. The highest BCUT2D eigenvalue weighted by atomic mass is 16.6. The van der Waals surface area contributed by atoms with Gasteiger partial charge in [0.25, 0.3) is 0 Å². The summed E-state index contributed by atoms with van der Waals surface area (Å²) in [5.41, 5.74) is 0.873. The molecule has 0 bridgehead atoms. The summed E-state index contributed by atoms with van der Waals surface area (Å²) in [7, 11) is 0. The maximum Gasteiger partial charge on any atom is 0.338 e. The standard InChI is InChI=1S/C15H18O5/c1-3-5-12(16)19-11-8-6-10(7-9-11)13-14(20-13)15(17)18-4-2/h6-9,13-14H,3-5H2,1-2H3/t13-,14+/m0/s1. The molecule has 0 aromatic heterocycles. The van der Waals surface area contributed by atoms with Crippen LogP contribution in [0.4, 0.5) is 0 Å². The zero-order valence-corrected chi connectivity index (χ0v) is 11.6. The van der Waals surface area contributed by atoms with Crippen LogP contribution in [0.15, 0.2) is 24.3 Å². The number of benzene rings is 1. The van der Waals surface area contributed by atoms with E-state index >= 15 is 0 Å². The van der Waals surface area contributed by atoms with Crippen molar-refractivity contribution in [1.29, 1.82) is 0 Å². The molecule has 0 unspecified atom stereocenters. The van der Waals surface area contributed by atoms with Crippen molar-refractivity contribution >= 4 is 11.9 Å². The van der Waals surface area contributed by atoms with E-state index in [4.69, 9.17) is 14.2 Å². The van der Waals surface area contributed by atoms with Crippen molar-refractivity contribution in [3.05, 3.63) is 29.8 Å². The van der Waals surface area contributed by atoms with Crippen molar-refractivity contribution in [2.24, 2.45) is 0 Å². The van der Waals surface area contributed by atoms with Crippen molar-refractivity contribution < 1.29 is 23.8 Å². The average molecular weight is 278 g/mol. The molecule has 5 nitrogen and oxygen atoms in total. The van der Waals surface area contributed by atoms with Crippen LogP contribution in [0.1, 0.15) is 38.4 Å². The van der Waals surface area contributed by atoms with Gasteiger partial charge in [-0.05, 0) is 31.0 Å². The van der Waals surface area contributed by atoms with Crippen molar-refractivity contribution in [3.8, 4) is 5.75 Å². The van der Waals surface area contributed by atoms with Gasteiger partial charge in [0.2, 0.25) is 0 Å². The van der Waals surface area contributed by atoms with Crippen LogP contribution in [0, 0.1) is 0 Å². The molecular weight excluding hydrogens is 260 g/mol. The first kappa shape index (κ1) is 14.5. The number of esters is 2. The van der Waals surface area contributed by atoms with Gasteiger partial charge in [-0.2, -0.15) is 0 Å². The highest BCUT2D eigenvalue weighted by Crippen LogP contribution is 2.39. The van der Waals surface area contributed by atoms with Gasteiger partial charge in [0.15, 0.2) is 6.10 Å². The lowest BCUT2D eigenvalue weighted by molar-refractivity contribution is -0.144. The summed E-state index contributed by atoms with van der Waals surface area (Å²) in [5, 5.41) is 0. The Morgan fingerprint density at radius 3 is 2.50 bits per heavy atom. The van der Waals surface area contributed by atoms with Gasteiger partial charge in [-0.25, -0.2) is 4.79 Å². The number of ether oxygens (including phenoxy) is 3. The monoisotopic (exact) mass is 278 g/mol. The molecule has 1 fully saturated rings. The minimum Gasteiger partial charge on any atom is -0.464 e. The molecule has 1 aromatic carbocycles. The van der Waals surface area contributed by atoms with Crippen molar-refractivity contribution in [2.75, 3.05) is 6.61 Å². The lowest BCUT2D eigenvalue weighted by Crippen LogP contribution is -2.11. The third-order valence-electron chi connectivity index (χ3n) is 2.90. The molecule has 1 aliphatic heterocycles. The van der Waals surface area contributed by atoms with E-state index in [2.05, 4.69) is 0 Å². The summed E-state index contributed by atoms with van der Waals surface area (Å²) in [6.45, 7) is 4.02. The predicted molar refractivity (Wildman–Crippen MR) is 71.2 cm³/mol. The van der Waals surface area contributed by atoms with Crippen LogP contribution >= 0.6 is 0 Å². The Bertz CT molecular complexity index is 480. The molecule has 0 radical (unpaired) electrons. The van der Waals surface area contributed by atoms with Crippen LogP contribution in [0.2, 0.25) is 0 Å². The highest BCUT2D eigenvalue weighted by Gasteiger charge is 2.47. The molecular formula is C15H18O5. The first-order chi connectivity index (χ1) is 9.65. The second-order valence-corrected chi connectivity index (χ2v) is 4.52. The quantitative estimate of drug-likeness (QED) is 0.454. The highest BCUT2D eigenvalue weighted by molar-refractivity contribution is 5.78. The molecule has 108 valence electrons. The van der Waals surface area contributed by atoms with Crippen LogP contribution in [0.5, 0.6) is 5.75 Å². The smallest absolute Gasteiger partial charge is 0.338 e. The van der Waals surface area contributed by atoms with Gasteiger partial charge in [-0.15, -0.1) is 0 Å². The Morgan fingerprint density at radius 1 is 1.20 bits per heavy atom. The maximum atomic E-state index is 11.5. The topological polar surface area (TPSA) is 65.1 Å². The summed E-state index contributed by atoms with van der Waals surface area (Å²) in [6, 6.07) is 6.98. The Hall–Kier alpha value is -1.88. The number of hydrogen-bond donors (Lipinski definition) is 0. The molecule has 0 N–H and O–H groups in total. The van der Waals surface area contributed by atoms with Gasteiger partial charge in [-0.3, -0.25) is 4.79 Å². The van der Waals surface area contributed by atoms with E-state index in [1.54, 1.807) is 31.2 Å². The first-order valence-electron chi connectivity index (χ1n) is 6.78. The minimum atomic E-state index is -0.511. The summed E-state index contributed by atoms with van der Waals surface area (Å²) in [5.74, 6) is -0.0798. The molecule has 0 saturated carbocycles. The van der Waals surface area contributed by atoms with Gasteiger partial charge in [0, 0.05) is 6.42 Å². The van der Waals surface area contributed by atoms with E-state index in [0.29, 0.717) is 18.8 Å². The van der Waals surface area contributed by atoms with E-state index in [1.165, 1.54) is 0 Å². The number of carbonyl (C=O) groups is 2. The minimum absolute atomic E-state index is 0.243. The third kappa shape index (κ3) is 3.57. The molecule has 1 saturated heterocycles. The van der Waals surface area contributed by atoms with Gasteiger partial charge in [0.1, 0.15) is 11.9 Å². The van der Waals surface area contributed by atoms with Crippen LogP contribution in [0.3, 0.4) is 0 Å². The van der Waals surface area contributed by atoms with Crippen LogP contribution in [0.25, 0.3) is 0 Å². The summed E-state index contributed by atoms with van der Waals surface area (Å²) < 4.78 is 15.3. The number of hydrogen-bond acceptors (Lipinski definition) is 5. The molecule has 5 heteroatoms. The fraction of sp³-hybridized carbons (Fsp3) is 0.467. The average Bonchev–Trinajstić information content (AvgIpc) is 3.20. The summed E-state index contributed by atoms with van der Waals surface area (Å²) in [4.78, 5) is 22.8. The molecule has 0 amide bonds. The Kier molecular flexibility index (Phi) is 4.74. The zero-order chi connectivity index (χ0) is 14.5. The lowest BCUT2D eigenvalue weighted by atomic mass is 10.1. The van der Waals surface area contributed by atoms with Crippen molar-refractivity contribution in [3.63, 3.8) is 0 Å². The molecule has 20 heavy (non-hydrogen) atoms. The van der Waals surface area contributed by atoms with E-state index in [0.717, 1.165) is 12.0 Å². The fourth-order valence-electron chi connectivity index (χ4n) is 1.88. The van der Waals surface area contributed by atoms with Crippen molar-refractivity contribution in [1.82, 2.24) is 0 Å². The van der Waals surface area contributed by atoms with E-state index in [1.807, 2.05) is 6.92 Å². The van der Waals surface area contributed by atoms with E-state index in [9.17, 15) is 9.59 Å². The van der Waals surface area contributed by atoms with Gasteiger partial charge >= 0.3 is 11.9 Å². The Morgan fingerprint density at radius 2 is 1.90 bits per heavy atom. The van der Waals surface area contributed by atoms with Crippen LogP contribution in [-0.2, 0) is 19.1 Å². The second-order valence-electron chi connectivity index (χ2n) is 4.52. The summed E-state index contributed by atoms with van der Waals surface area (Å²) in [6.07, 6.45) is 0.393. The molecule has 2 atom stereocenters.